The van der Waals surface area contributed by atoms with Crippen LogP contribution in [0.5, 0.6) is 0 Å². The average molecular weight is 307 g/mol. The first-order valence-corrected chi connectivity index (χ1v) is 6.85. The summed E-state index contributed by atoms with van der Waals surface area (Å²) in [4.78, 5) is 21.7. The van der Waals surface area contributed by atoms with E-state index in [1.807, 2.05) is 0 Å². The Morgan fingerprint density at radius 1 is 1.48 bits per heavy atom. The van der Waals surface area contributed by atoms with Crippen molar-refractivity contribution in [3.63, 3.8) is 0 Å². The van der Waals surface area contributed by atoms with Crippen LogP contribution in [0.4, 0.5) is 5.69 Å². The summed E-state index contributed by atoms with van der Waals surface area (Å²) >= 11 is 1.09. The SMILES string of the molecule is O=C(O)c1cc([N+](=O)[O-])ccc1Sc1nnnn1C1CC1. The number of rotatable bonds is 5. The molecule has 1 saturated carbocycles. The van der Waals surface area contributed by atoms with Gasteiger partial charge >= 0.3 is 5.97 Å². The fourth-order valence-corrected chi connectivity index (χ4v) is 2.73. The van der Waals surface area contributed by atoms with Crippen molar-refractivity contribution in [1.29, 1.82) is 0 Å². The van der Waals surface area contributed by atoms with E-state index in [4.69, 9.17) is 0 Å². The van der Waals surface area contributed by atoms with Crippen molar-refractivity contribution >= 4 is 23.4 Å². The largest absolute Gasteiger partial charge is 0.478 e. The maximum Gasteiger partial charge on any atom is 0.337 e. The summed E-state index contributed by atoms with van der Waals surface area (Å²) in [5, 5.41) is 31.7. The van der Waals surface area contributed by atoms with Crippen LogP contribution in [0.25, 0.3) is 0 Å². The Bertz CT molecular complexity index is 727. The predicted molar refractivity (Wildman–Crippen MR) is 70.3 cm³/mol. The maximum absolute atomic E-state index is 11.3. The minimum atomic E-state index is -1.23. The Hall–Kier alpha value is -2.49. The zero-order valence-corrected chi connectivity index (χ0v) is 11.4. The Kier molecular flexibility index (Phi) is 3.29. The molecule has 0 radical (unpaired) electrons. The molecule has 9 nitrogen and oxygen atoms in total. The van der Waals surface area contributed by atoms with Gasteiger partial charge in [0, 0.05) is 17.0 Å². The molecule has 0 aliphatic heterocycles. The van der Waals surface area contributed by atoms with Crippen molar-refractivity contribution in [1.82, 2.24) is 20.2 Å². The van der Waals surface area contributed by atoms with Gasteiger partial charge in [-0.2, -0.15) is 0 Å². The molecule has 0 atom stereocenters. The lowest BCUT2D eigenvalue weighted by Crippen LogP contribution is -2.02. The van der Waals surface area contributed by atoms with Crippen molar-refractivity contribution in [2.75, 3.05) is 0 Å². The van der Waals surface area contributed by atoms with E-state index in [9.17, 15) is 20.0 Å². The molecule has 1 N–H and O–H groups in total. The highest BCUT2D eigenvalue weighted by Gasteiger charge is 2.29. The van der Waals surface area contributed by atoms with Crippen LogP contribution in [0.1, 0.15) is 29.2 Å². The maximum atomic E-state index is 11.3. The lowest BCUT2D eigenvalue weighted by molar-refractivity contribution is -0.384. The normalized spacial score (nSPS) is 14.1. The molecule has 1 aromatic carbocycles. The van der Waals surface area contributed by atoms with Gasteiger partial charge in [0.15, 0.2) is 0 Å². The molecule has 0 saturated heterocycles. The second-order valence-corrected chi connectivity index (χ2v) is 5.49. The zero-order valence-electron chi connectivity index (χ0n) is 10.5. The summed E-state index contributed by atoms with van der Waals surface area (Å²) in [6, 6.07) is 3.96. The lowest BCUT2D eigenvalue weighted by Gasteiger charge is -2.05. The number of carboxylic acids is 1. The van der Waals surface area contributed by atoms with E-state index >= 15 is 0 Å². The Labute approximate surface area is 122 Å². The first-order chi connectivity index (χ1) is 10.1. The minimum Gasteiger partial charge on any atom is -0.478 e. The number of carbonyl (C=O) groups is 1. The van der Waals surface area contributed by atoms with Gasteiger partial charge in [0.25, 0.3) is 5.69 Å². The first-order valence-electron chi connectivity index (χ1n) is 6.03. The van der Waals surface area contributed by atoms with Crippen LogP contribution >= 0.6 is 11.8 Å². The predicted octanol–water partition coefficient (Wildman–Crippen LogP) is 1.77. The van der Waals surface area contributed by atoms with E-state index in [2.05, 4.69) is 15.5 Å². The van der Waals surface area contributed by atoms with Crippen molar-refractivity contribution < 1.29 is 14.8 Å². The molecule has 1 aliphatic carbocycles. The van der Waals surface area contributed by atoms with Crippen LogP contribution in [-0.2, 0) is 0 Å². The number of benzene rings is 1. The molecule has 0 spiro atoms. The van der Waals surface area contributed by atoms with E-state index in [1.54, 1.807) is 4.68 Å². The molecule has 0 amide bonds. The smallest absolute Gasteiger partial charge is 0.337 e. The number of hydrogen-bond donors (Lipinski definition) is 1. The quantitative estimate of drug-likeness (QED) is 0.654. The number of nitro benzene ring substituents is 1. The molecule has 1 aromatic heterocycles. The van der Waals surface area contributed by atoms with Gasteiger partial charge in [0.05, 0.1) is 16.5 Å². The highest BCUT2D eigenvalue weighted by Crippen LogP contribution is 2.39. The summed E-state index contributed by atoms with van der Waals surface area (Å²) in [5.74, 6) is -1.23. The third-order valence-corrected chi connectivity index (χ3v) is 3.99. The summed E-state index contributed by atoms with van der Waals surface area (Å²) < 4.78 is 1.65. The molecule has 1 heterocycles. The Balaban J connectivity index is 1.95. The minimum absolute atomic E-state index is 0.139. The number of non-ortho nitro benzene ring substituents is 1. The Morgan fingerprint density at radius 3 is 2.86 bits per heavy atom. The summed E-state index contributed by atoms with van der Waals surface area (Å²) in [6.45, 7) is 0. The number of hydrogen-bond acceptors (Lipinski definition) is 7. The van der Waals surface area contributed by atoms with Crippen LogP contribution in [-0.4, -0.2) is 36.2 Å². The van der Waals surface area contributed by atoms with Crippen LogP contribution in [0.2, 0.25) is 0 Å². The first kappa shape index (κ1) is 13.5. The Morgan fingerprint density at radius 2 is 2.24 bits per heavy atom. The standard InChI is InChI=1S/C11H9N5O4S/c17-10(18)8-5-7(16(19)20)3-4-9(8)21-11-12-13-14-15(11)6-1-2-6/h3-6H,1-2H2,(H,17,18). The van der Waals surface area contributed by atoms with Crippen molar-refractivity contribution in [3.05, 3.63) is 33.9 Å². The van der Waals surface area contributed by atoms with Gasteiger partial charge in [0.1, 0.15) is 0 Å². The molecule has 108 valence electrons. The number of nitrogens with zero attached hydrogens (tertiary/aromatic N) is 5. The molecule has 1 aliphatic rings. The van der Waals surface area contributed by atoms with E-state index in [0.29, 0.717) is 10.1 Å². The monoisotopic (exact) mass is 307 g/mol. The van der Waals surface area contributed by atoms with Crippen LogP contribution in [0, 0.1) is 10.1 Å². The fourth-order valence-electron chi connectivity index (χ4n) is 1.79. The van der Waals surface area contributed by atoms with Crippen LogP contribution < -0.4 is 0 Å². The molecular weight excluding hydrogens is 298 g/mol. The summed E-state index contributed by atoms with van der Waals surface area (Å²) in [5.41, 5.74) is -0.405. The number of aromatic carboxylic acids is 1. The molecule has 2 aromatic rings. The van der Waals surface area contributed by atoms with E-state index in [-0.39, 0.29) is 17.3 Å². The molecule has 10 heteroatoms. The fraction of sp³-hybridized carbons (Fsp3) is 0.273. The third kappa shape index (κ3) is 2.70. The second kappa shape index (κ2) is 5.13. The molecule has 3 rings (SSSR count). The van der Waals surface area contributed by atoms with E-state index < -0.39 is 10.9 Å². The number of tetrazole rings is 1. The second-order valence-electron chi connectivity index (χ2n) is 4.48. The topological polar surface area (TPSA) is 124 Å². The van der Waals surface area contributed by atoms with Gasteiger partial charge < -0.3 is 5.11 Å². The van der Waals surface area contributed by atoms with Gasteiger partial charge in [-0.3, -0.25) is 10.1 Å². The molecular formula is C11H9N5O4S. The van der Waals surface area contributed by atoms with Gasteiger partial charge in [-0.1, -0.05) is 0 Å². The number of carboxylic acid groups (broad SMARTS) is 1. The van der Waals surface area contributed by atoms with Gasteiger partial charge in [-0.15, -0.1) is 5.10 Å². The summed E-state index contributed by atoms with van der Waals surface area (Å²) in [6.07, 6.45) is 1.98. The van der Waals surface area contributed by atoms with Gasteiger partial charge in [-0.25, -0.2) is 9.48 Å². The number of aromatic nitrogens is 4. The number of nitro groups is 1. The van der Waals surface area contributed by atoms with Crippen molar-refractivity contribution in [3.8, 4) is 0 Å². The van der Waals surface area contributed by atoms with Gasteiger partial charge in [-0.05, 0) is 41.1 Å². The summed E-state index contributed by atoms with van der Waals surface area (Å²) in [7, 11) is 0. The van der Waals surface area contributed by atoms with Crippen molar-refractivity contribution in [2.24, 2.45) is 0 Å². The average Bonchev–Trinajstić information content (AvgIpc) is 3.19. The van der Waals surface area contributed by atoms with Crippen LogP contribution in [0.15, 0.2) is 28.3 Å². The van der Waals surface area contributed by atoms with E-state index in [1.165, 1.54) is 12.1 Å². The lowest BCUT2D eigenvalue weighted by atomic mass is 10.2. The third-order valence-electron chi connectivity index (χ3n) is 2.96. The van der Waals surface area contributed by atoms with E-state index in [0.717, 1.165) is 30.7 Å². The molecule has 1 fully saturated rings. The van der Waals surface area contributed by atoms with Gasteiger partial charge in [0.2, 0.25) is 5.16 Å². The highest BCUT2D eigenvalue weighted by molar-refractivity contribution is 7.99. The zero-order chi connectivity index (χ0) is 15.0. The van der Waals surface area contributed by atoms with Crippen LogP contribution in [0.3, 0.4) is 0 Å². The van der Waals surface area contributed by atoms with Crippen molar-refractivity contribution in [2.45, 2.75) is 28.9 Å². The molecule has 21 heavy (non-hydrogen) atoms. The highest BCUT2D eigenvalue weighted by atomic mass is 32.2. The molecule has 0 bridgehead atoms. The molecule has 0 unspecified atom stereocenters.